The summed E-state index contributed by atoms with van der Waals surface area (Å²) in [5.41, 5.74) is 4.70. The van der Waals surface area contributed by atoms with Crippen molar-refractivity contribution in [1.82, 2.24) is 4.72 Å². The Morgan fingerprint density at radius 3 is 2.61 bits per heavy atom. The van der Waals surface area contributed by atoms with E-state index >= 15 is 0 Å². The summed E-state index contributed by atoms with van der Waals surface area (Å²) < 4.78 is 33.6. The van der Waals surface area contributed by atoms with Crippen LogP contribution in [0, 0.1) is 5.82 Å². The Morgan fingerprint density at radius 1 is 1.39 bits per heavy atom. The van der Waals surface area contributed by atoms with Gasteiger partial charge in [0.05, 0.1) is 34.5 Å². The van der Waals surface area contributed by atoms with Crippen LogP contribution in [0.2, 0.25) is 0 Å². The van der Waals surface area contributed by atoms with E-state index in [-0.39, 0.29) is 13.1 Å². The number of nitrogens with two attached hydrogens (primary N) is 1. The van der Waals surface area contributed by atoms with Gasteiger partial charge >= 0.3 is 6.09 Å². The number of nitrogens with zero attached hydrogens (tertiary/aromatic N) is 2. The molecule has 8 nitrogen and oxygen atoms in total. The highest BCUT2D eigenvalue weighted by molar-refractivity contribution is 7.82. The minimum atomic E-state index is -1.19. The number of piperidine rings is 1. The van der Waals surface area contributed by atoms with Crippen LogP contribution in [0.15, 0.2) is 18.2 Å². The fourth-order valence-corrected chi connectivity index (χ4v) is 3.62. The van der Waals surface area contributed by atoms with Crippen molar-refractivity contribution >= 4 is 28.5 Å². The van der Waals surface area contributed by atoms with Gasteiger partial charge in [-0.05, 0) is 45.0 Å². The van der Waals surface area contributed by atoms with Gasteiger partial charge in [-0.15, -0.1) is 0 Å². The van der Waals surface area contributed by atoms with Crippen LogP contribution in [0.3, 0.4) is 0 Å². The molecule has 1 aromatic rings. The van der Waals surface area contributed by atoms with Crippen molar-refractivity contribution in [3.8, 4) is 0 Å². The highest BCUT2D eigenvalue weighted by Crippen LogP contribution is 2.31. The van der Waals surface area contributed by atoms with E-state index in [1.807, 2.05) is 4.90 Å². The summed E-state index contributed by atoms with van der Waals surface area (Å²) in [5.74, 6) is -0.409. The zero-order valence-corrected chi connectivity index (χ0v) is 17.3. The number of aliphatic hydroxyl groups is 1. The van der Waals surface area contributed by atoms with Gasteiger partial charge in [-0.25, -0.2) is 18.1 Å². The molecule has 2 aliphatic rings. The predicted molar refractivity (Wildman–Crippen MR) is 108 cm³/mol. The number of cyclic esters (lactones) is 1. The number of carbonyl (C=O) groups excluding carboxylic acids is 1. The van der Waals surface area contributed by atoms with Crippen LogP contribution in [0.1, 0.15) is 19.8 Å². The number of rotatable bonds is 5. The highest BCUT2D eigenvalue weighted by Gasteiger charge is 2.33. The van der Waals surface area contributed by atoms with Gasteiger partial charge in [0, 0.05) is 25.9 Å². The number of hydrogen-bond acceptors (Lipinski definition) is 6. The fourth-order valence-electron chi connectivity index (χ4n) is 3.20. The number of hydrogen-bond donors (Lipinski definition) is 3. The first-order valence-corrected chi connectivity index (χ1v) is 10.7. The average molecular weight is 417 g/mol. The Balaban J connectivity index is 0.00000136. The van der Waals surface area contributed by atoms with Gasteiger partial charge in [-0.2, -0.15) is 0 Å². The molecule has 0 bridgehead atoms. The third-order valence-electron chi connectivity index (χ3n) is 4.81. The smallest absolute Gasteiger partial charge is 0.414 e. The molecule has 2 aliphatic heterocycles. The molecular formula is C18H29FN4O4S. The van der Waals surface area contributed by atoms with Crippen LogP contribution in [0.5, 0.6) is 0 Å². The lowest BCUT2D eigenvalue weighted by atomic mass is 9.93. The van der Waals surface area contributed by atoms with E-state index in [1.165, 1.54) is 24.3 Å². The van der Waals surface area contributed by atoms with E-state index in [4.69, 9.17) is 4.74 Å². The van der Waals surface area contributed by atoms with Gasteiger partial charge in [0.25, 0.3) is 0 Å². The molecule has 2 heterocycles. The Kier molecular flexibility index (Phi) is 7.76. The SMILES string of the molecule is CN.CS(=O)NCC1CN(c2ccc(N3CCC(C)(O)CC3)c(F)c2)C(=O)O1. The van der Waals surface area contributed by atoms with Crippen molar-refractivity contribution in [1.29, 1.82) is 0 Å². The molecule has 4 N–H and O–H groups in total. The molecule has 158 valence electrons. The number of nitrogens with one attached hydrogen (secondary N) is 1. The van der Waals surface area contributed by atoms with Gasteiger partial charge in [0.2, 0.25) is 0 Å². The zero-order valence-electron chi connectivity index (χ0n) is 16.5. The topological polar surface area (TPSA) is 108 Å². The highest BCUT2D eigenvalue weighted by atomic mass is 32.2. The van der Waals surface area contributed by atoms with Crippen LogP contribution >= 0.6 is 0 Å². The van der Waals surface area contributed by atoms with Crippen LogP contribution in [0.4, 0.5) is 20.6 Å². The molecular weight excluding hydrogens is 387 g/mol. The number of anilines is 2. The Morgan fingerprint density at radius 2 is 2.04 bits per heavy atom. The quantitative estimate of drug-likeness (QED) is 0.660. The molecule has 28 heavy (non-hydrogen) atoms. The molecule has 0 aromatic heterocycles. The summed E-state index contributed by atoms with van der Waals surface area (Å²) in [6, 6.07) is 4.68. The van der Waals surface area contributed by atoms with Crippen LogP contribution in [-0.2, 0) is 15.7 Å². The number of benzene rings is 1. The summed E-state index contributed by atoms with van der Waals surface area (Å²) in [6.45, 7) is 3.50. The normalized spacial score (nSPS) is 22.4. The van der Waals surface area contributed by atoms with E-state index in [2.05, 4.69) is 10.5 Å². The maximum atomic E-state index is 14.6. The van der Waals surface area contributed by atoms with Gasteiger partial charge in [0.15, 0.2) is 0 Å². The predicted octanol–water partition coefficient (Wildman–Crippen LogP) is 0.960. The molecule has 0 radical (unpaired) electrons. The lowest BCUT2D eigenvalue weighted by Gasteiger charge is -2.37. The maximum absolute atomic E-state index is 14.6. The van der Waals surface area contributed by atoms with Gasteiger partial charge < -0.3 is 20.5 Å². The number of halogens is 1. The second kappa shape index (κ2) is 9.64. The maximum Gasteiger partial charge on any atom is 0.414 e. The average Bonchev–Trinajstić information content (AvgIpc) is 3.03. The van der Waals surface area contributed by atoms with Gasteiger partial charge in [-0.1, -0.05) is 0 Å². The third-order valence-corrected chi connectivity index (χ3v) is 5.39. The molecule has 2 saturated heterocycles. The van der Waals surface area contributed by atoms with Crippen LogP contribution in [0.25, 0.3) is 0 Å². The van der Waals surface area contributed by atoms with Crippen molar-refractivity contribution in [2.75, 3.05) is 49.3 Å². The number of amides is 1. The molecule has 0 saturated carbocycles. The molecule has 0 spiro atoms. The molecule has 3 rings (SSSR count). The zero-order chi connectivity index (χ0) is 20.9. The summed E-state index contributed by atoms with van der Waals surface area (Å²) in [5, 5.41) is 10.0. The monoisotopic (exact) mass is 416 g/mol. The van der Waals surface area contributed by atoms with E-state index < -0.39 is 34.6 Å². The fraction of sp³-hybridized carbons (Fsp3) is 0.611. The molecule has 0 aliphatic carbocycles. The van der Waals surface area contributed by atoms with Crippen molar-refractivity contribution in [2.45, 2.75) is 31.5 Å². The van der Waals surface area contributed by atoms with Crippen molar-refractivity contribution in [3.63, 3.8) is 0 Å². The Hall–Kier alpha value is -1.75. The first-order chi connectivity index (χ1) is 13.2. The third kappa shape index (κ3) is 5.63. The van der Waals surface area contributed by atoms with Crippen LogP contribution in [-0.4, -0.2) is 66.6 Å². The molecule has 2 fully saturated rings. The first kappa shape index (κ1) is 22.5. The lowest BCUT2D eigenvalue weighted by Crippen LogP contribution is -2.42. The molecule has 1 aromatic carbocycles. The second-order valence-corrected chi connectivity index (χ2v) is 8.24. The first-order valence-electron chi connectivity index (χ1n) is 9.15. The second-order valence-electron chi connectivity index (χ2n) is 7.04. The summed E-state index contributed by atoms with van der Waals surface area (Å²) in [4.78, 5) is 15.3. The Bertz CT molecular complexity index is 709. The minimum Gasteiger partial charge on any atom is -0.443 e. The summed E-state index contributed by atoms with van der Waals surface area (Å²) >= 11 is 0. The van der Waals surface area contributed by atoms with E-state index in [0.717, 1.165) is 0 Å². The van der Waals surface area contributed by atoms with Crippen molar-refractivity contribution in [3.05, 3.63) is 24.0 Å². The number of carbonyl (C=O) groups is 1. The van der Waals surface area contributed by atoms with Crippen LogP contribution < -0.4 is 20.3 Å². The molecule has 1 amide bonds. The Labute approximate surface area is 167 Å². The standard InChI is InChI=1S/C17H24FN3O4S.CH5N/c1-17(23)5-7-20(8-6-17)15-4-3-12(9-14(15)18)21-11-13(25-16(21)22)10-19-26(2)24;1-2/h3-4,9,13,19,23H,5-8,10-11H2,1-2H3;2H2,1H3. The van der Waals surface area contributed by atoms with E-state index in [0.29, 0.717) is 37.3 Å². The summed E-state index contributed by atoms with van der Waals surface area (Å²) in [7, 11) is 0.313. The van der Waals surface area contributed by atoms with Gasteiger partial charge in [0.1, 0.15) is 11.9 Å². The molecule has 10 heteroatoms. The number of ether oxygens (including phenoxy) is 1. The minimum absolute atomic E-state index is 0.272. The van der Waals surface area contributed by atoms with Crippen molar-refractivity contribution in [2.24, 2.45) is 5.73 Å². The van der Waals surface area contributed by atoms with E-state index in [1.54, 1.807) is 19.1 Å². The largest absolute Gasteiger partial charge is 0.443 e. The van der Waals surface area contributed by atoms with Gasteiger partial charge in [-0.3, -0.25) is 4.90 Å². The summed E-state index contributed by atoms with van der Waals surface area (Å²) in [6.07, 6.45) is 1.70. The lowest BCUT2D eigenvalue weighted by molar-refractivity contribution is 0.0350. The van der Waals surface area contributed by atoms with Crippen molar-refractivity contribution < 1.29 is 23.2 Å². The molecule has 2 atom stereocenters. The molecule has 2 unspecified atom stereocenters. The van der Waals surface area contributed by atoms with E-state index in [9.17, 15) is 18.5 Å².